The van der Waals surface area contributed by atoms with Crippen LogP contribution >= 0.6 is 11.6 Å². The molecule has 17 heavy (non-hydrogen) atoms. The lowest BCUT2D eigenvalue weighted by Gasteiger charge is -2.11. The molecule has 2 rings (SSSR count). The number of benzene rings is 2. The Kier molecular flexibility index (Phi) is 3.07. The highest BCUT2D eigenvalue weighted by Crippen LogP contribution is 2.33. The fraction of sp³-hybridized carbons (Fsp3) is 0.143. The lowest BCUT2D eigenvalue weighted by atomic mass is 9.97. The average molecular weight is 250 g/mol. The largest absolute Gasteiger partial charge is 0.398 e. The molecule has 1 nitrogen and oxygen atoms in total. The standard InChI is InChI=1S/C14H13ClFN/c1-8-5-9(2)14(12(16)6-8)11-7-10(15)3-4-13(11)17/h3-7H,17H2,1-2H3. The van der Waals surface area contributed by atoms with Crippen LogP contribution in [0, 0.1) is 19.7 Å². The minimum absolute atomic E-state index is 0.267. The van der Waals surface area contributed by atoms with Crippen molar-refractivity contribution in [2.75, 3.05) is 5.73 Å². The van der Waals surface area contributed by atoms with Crippen LogP contribution < -0.4 is 5.73 Å². The van der Waals surface area contributed by atoms with E-state index in [1.54, 1.807) is 18.2 Å². The second-order valence-corrected chi connectivity index (χ2v) is 4.61. The van der Waals surface area contributed by atoms with Crippen molar-refractivity contribution in [3.05, 3.63) is 52.3 Å². The summed E-state index contributed by atoms with van der Waals surface area (Å²) in [5.41, 5.74) is 9.32. The lowest BCUT2D eigenvalue weighted by molar-refractivity contribution is 0.629. The minimum atomic E-state index is -0.267. The van der Waals surface area contributed by atoms with E-state index >= 15 is 0 Å². The van der Waals surface area contributed by atoms with Gasteiger partial charge in [-0.25, -0.2) is 4.39 Å². The molecule has 0 fully saturated rings. The summed E-state index contributed by atoms with van der Waals surface area (Å²) >= 11 is 5.92. The van der Waals surface area contributed by atoms with Crippen molar-refractivity contribution in [1.82, 2.24) is 0 Å². The number of nitrogen functional groups attached to an aromatic ring is 1. The molecule has 0 aliphatic carbocycles. The van der Waals surface area contributed by atoms with Crippen LogP contribution in [0.3, 0.4) is 0 Å². The van der Waals surface area contributed by atoms with E-state index in [1.165, 1.54) is 6.07 Å². The van der Waals surface area contributed by atoms with Gasteiger partial charge in [-0.2, -0.15) is 0 Å². The Morgan fingerprint density at radius 3 is 2.47 bits per heavy atom. The quantitative estimate of drug-likeness (QED) is 0.748. The van der Waals surface area contributed by atoms with E-state index in [0.29, 0.717) is 21.8 Å². The normalized spacial score (nSPS) is 10.6. The molecule has 0 radical (unpaired) electrons. The van der Waals surface area contributed by atoms with Gasteiger partial charge >= 0.3 is 0 Å². The van der Waals surface area contributed by atoms with Crippen LogP contribution in [0.5, 0.6) is 0 Å². The second-order valence-electron chi connectivity index (χ2n) is 4.17. The number of hydrogen-bond acceptors (Lipinski definition) is 1. The fourth-order valence-corrected chi connectivity index (χ4v) is 2.17. The van der Waals surface area contributed by atoms with Gasteiger partial charge in [-0.1, -0.05) is 17.7 Å². The summed E-state index contributed by atoms with van der Waals surface area (Å²) in [4.78, 5) is 0. The molecule has 0 heterocycles. The van der Waals surface area contributed by atoms with Crippen LogP contribution in [0.1, 0.15) is 11.1 Å². The van der Waals surface area contributed by atoms with Gasteiger partial charge in [0.2, 0.25) is 0 Å². The van der Waals surface area contributed by atoms with Gasteiger partial charge in [0.05, 0.1) is 0 Å². The number of aryl methyl sites for hydroxylation is 2. The van der Waals surface area contributed by atoms with Gasteiger partial charge < -0.3 is 5.73 Å². The number of rotatable bonds is 1. The number of nitrogens with two attached hydrogens (primary N) is 1. The van der Waals surface area contributed by atoms with E-state index in [-0.39, 0.29) is 5.82 Å². The van der Waals surface area contributed by atoms with Crippen LogP contribution in [0.25, 0.3) is 11.1 Å². The van der Waals surface area contributed by atoms with Gasteiger partial charge in [0, 0.05) is 21.8 Å². The Morgan fingerprint density at radius 1 is 1.12 bits per heavy atom. The second kappa shape index (κ2) is 4.38. The molecule has 88 valence electrons. The molecule has 2 aromatic rings. The van der Waals surface area contributed by atoms with Crippen LogP contribution in [0.15, 0.2) is 30.3 Å². The minimum Gasteiger partial charge on any atom is -0.398 e. The third-order valence-corrected chi connectivity index (χ3v) is 2.95. The molecule has 0 aliphatic heterocycles. The first kappa shape index (κ1) is 11.9. The molecular weight excluding hydrogens is 237 g/mol. The number of anilines is 1. The topological polar surface area (TPSA) is 26.0 Å². The predicted molar refractivity (Wildman–Crippen MR) is 70.7 cm³/mol. The molecular formula is C14H13ClFN. The van der Waals surface area contributed by atoms with Gasteiger partial charge in [0.15, 0.2) is 0 Å². The third-order valence-electron chi connectivity index (χ3n) is 2.72. The smallest absolute Gasteiger partial charge is 0.131 e. The molecule has 2 N–H and O–H groups in total. The van der Waals surface area contributed by atoms with Crippen molar-refractivity contribution in [2.24, 2.45) is 0 Å². The average Bonchev–Trinajstić information content (AvgIpc) is 2.21. The van der Waals surface area contributed by atoms with E-state index in [0.717, 1.165) is 11.1 Å². The van der Waals surface area contributed by atoms with Crippen molar-refractivity contribution in [3.63, 3.8) is 0 Å². The molecule has 0 bridgehead atoms. The lowest BCUT2D eigenvalue weighted by Crippen LogP contribution is -1.95. The molecule has 0 atom stereocenters. The molecule has 0 aliphatic rings. The van der Waals surface area contributed by atoms with Gasteiger partial charge in [-0.05, 0) is 49.2 Å². The summed E-state index contributed by atoms with van der Waals surface area (Å²) in [5, 5.41) is 0.550. The molecule has 3 heteroatoms. The molecule has 0 saturated carbocycles. The Bertz CT molecular complexity index is 555. The third kappa shape index (κ3) is 2.27. The van der Waals surface area contributed by atoms with Crippen LogP contribution in [0.2, 0.25) is 5.02 Å². The summed E-state index contributed by atoms with van der Waals surface area (Å²) < 4.78 is 14.0. The molecule has 0 unspecified atom stereocenters. The van der Waals surface area contributed by atoms with Gasteiger partial charge in [-0.15, -0.1) is 0 Å². The maximum absolute atomic E-state index is 14.0. The molecule has 2 aromatic carbocycles. The molecule has 0 amide bonds. The highest BCUT2D eigenvalue weighted by Gasteiger charge is 2.12. The van der Waals surface area contributed by atoms with E-state index in [2.05, 4.69) is 0 Å². The zero-order valence-corrected chi connectivity index (χ0v) is 10.5. The summed E-state index contributed by atoms with van der Waals surface area (Å²) in [6, 6.07) is 8.51. The molecule has 0 spiro atoms. The number of hydrogen-bond donors (Lipinski definition) is 1. The molecule has 0 saturated heterocycles. The van der Waals surface area contributed by atoms with E-state index in [1.807, 2.05) is 19.9 Å². The number of halogens is 2. The maximum atomic E-state index is 14.0. The zero-order valence-electron chi connectivity index (χ0n) is 9.72. The summed E-state index contributed by atoms with van der Waals surface area (Å²) in [6.45, 7) is 3.73. The van der Waals surface area contributed by atoms with Crippen molar-refractivity contribution in [3.8, 4) is 11.1 Å². The van der Waals surface area contributed by atoms with Crippen molar-refractivity contribution in [2.45, 2.75) is 13.8 Å². The monoisotopic (exact) mass is 249 g/mol. The van der Waals surface area contributed by atoms with Gasteiger partial charge in [0.25, 0.3) is 0 Å². The first-order chi connectivity index (χ1) is 7.99. The first-order valence-corrected chi connectivity index (χ1v) is 5.69. The Hall–Kier alpha value is -1.54. The van der Waals surface area contributed by atoms with Crippen molar-refractivity contribution < 1.29 is 4.39 Å². The highest BCUT2D eigenvalue weighted by molar-refractivity contribution is 6.31. The van der Waals surface area contributed by atoms with Crippen LogP contribution in [-0.4, -0.2) is 0 Å². The van der Waals surface area contributed by atoms with Crippen LogP contribution in [0.4, 0.5) is 10.1 Å². The van der Waals surface area contributed by atoms with Crippen LogP contribution in [-0.2, 0) is 0 Å². The van der Waals surface area contributed by atoms with Crippen molar-refractivity contribution >= 4 is 17.3 Å². The van der Waals surface area contributed by atoms with E-state index in [9.17, 15) is 4.39 Å². The maximum Gasteiger partial charge on any atom is 0.131 e. The Labute approximate surface area is 105 Å². The Balaban J connectivity index is 2.72. The summed E-state index contributed by atoms with van der Waals surface area (Å²) in [7, 11) is 0. The van der Waals surface area contributed by atoms with E-state index < -0.39 is 0 Å². The summed E-state index contributed by atoms with van der Waals surface area (Å²) in [5.74, 6) is -0.267. The van der Waals surface area contributed by atoms with Crippen molar-refractivity contribution in [1.29, 1.82) is 0 Å². The first-order valence-electron chi connectivity index (χ1n) is 5.31. The SMILES string of the molecule is Cc1cc(C)c(-c2cc(Cl)ccc2N)c(F)c1. The summed E-state index contributed by atoms with van der Waals surface area (Å²) in [6.07, 6.45) is 0. The highest BCUT2D eigenvalue weighted by atomic mass is 35.5. The van der Waals surface area contributed by atoms with Gasteiger partial charge in [0.1, 0.15) is 5.82 Å². The van der Waals surface area contributed by atoms with E-state index in [4.69, 9.17) is 17.3 Å². The Morgan fingerprint density at radius 2 is 1.82 bits per heavy atom. The zero-order chi connectivity index (χ0) is 12.6. The van der Waals surface area contributed by atoms with Gasteiger partial charge in [-0.3, -0.25) is 0 Å². The fourth-order valence-electron chi connectivity index (χ4n) is 2.00. The molecule has 0 aromatic heterocycles. The predicted octanol–water partition coefficient (Wildman–Crippen LogP) is 4.35.